The highest BCUT2D eigenvalue weighted by Gasteiger charge is 2.45. The van der Waals surface area contributed by atoms with Crippen molar-refractivity contribution >= 4 is 18.3 Å². The van der Waals surface area contributed by atoms with Gasteiger partial charge in [-0.15, -0.1) is 22.6 Å². The first-order chi connectivity index (χ1) is 17.4. The van der Waals surface area contributed by atoms with Crippen LogP contribution in [-0.2, 0) is 23.9 Å². The van der Waals surface area contributed by atoms with Gasteiger partial charge in [0, 0.05) is 31.6 Å². The molecule has 0 saturated carbocycles. The predicted molar refractivity (Wildman–Crippen MR) is 121 cm³/mol. The Bertz CT molecular complexity index is 1300. The lowest BCUT2D eigenvalue weighted by Crippen LogP contribution is -2.47. The first-order valence-electron chi connectivity index (χ1n) is 11.0. The first kappa shape index (κ1) is 29.3. The van der Waals surface area contributed by atoms with Crippen LogP contribution in [0.5, 0.6) is 0 Å². The first-order valence-corrected chi connectivity index (χ1v) is 11.0. The van der Waals surface area contributed by atoms with Crippen molar-refractivity contribution in [1.29, 1.82) is 0 Å². The van der Waals surface area contributed by atoms with E-state index in [1.807, 2.05) is 0 Å². The fourth-order valence-corrected chi connectivity index (χ4v) is 4.30. The van der Waals surface area contributed by atoms with Gasteiger partial charge in [-0.25, -0.2) is 17.6 Å². The second-order valence-electron chi connectivity index (χ2n) is 8.59. The summed E-state index contributed by atoms with van der Waals surface area (Å²) in [5, 5.41) is 17.8. The molecule has 1 aromatic heterocycles. The van der Waals surface area contributed by atoms with Gasteiger partial charge < -0.3 is 20.3 Å². The number of aliphatic hydroxyl groups excluding tert-OH is 1. The van der Waals surface area contributed by atoms with Crippen LogP contribution >= 0.6 is 12.4 Å². The van der Waals surface area contributed by atoms with E-state index in [4.69, 9.17) is 5.73 Å². The quantitative estimate of drug-likeness (QED) is 0.348. The van der Waals surface area contributed by atoms with E-state index in [0.29, 0.717) is 12.1 Å². The van der Waals surface area contributed by atoms with E-state index < -0.39 is 65.8 Å². The summed E-state index contributed by atoms with van der Waals surface area (Å²) in [6, 6.07) is 2.93. The molecule has 0 bridgehead atoms. The molecule has 3 atom stereocenters. The topological polar surface area (TPSA) is 97.3 Å². The van der Waals surface area contributed by atoms with Crippen molar-refractivity contribution < 1.29 is 40.6 Å². The smallest absolute Gasteiger partial charge is 0.386 e. The number of nitrogens with two attached hydrogens (primary N) is 1. The van der Waals surface area contributed by atoms with E-state index in [9.17, 15) is 40.6 Å². The van der Waals surface area contributed by atoms with Crippen LogP contribution in [0.3, 0.4) is 0 Å². The number of carbonyl (C=O) groups is 1. The molecule has 7 nitrogen and oxygen atoms in total. The van der Waals surface area contributed by atoms with Crippen LogP contribution in [-0.4, -0.2) is 43.3 Å². The number of carbonyl (C=O) groups excluding carboxylic acids is 1. The molecule has 206 valence electrons. The minimum absolute atomic E-state index is 0. The Labute approximate surface area is 217 Å². The van der Waals surface area contributed by atoms with Crippen molar-refractivity contribution in [2.24, 2.45) is 5.73 Å². The third-order valence-electron chi connectivity index (χ3n) is 6.04. The molecule has 2 aromatic carbocycles. The van der Waals surface area contributed by atoms with Gasteiger partial charge >= 0.3 is 6.18 Å². The van der Waals surface area contributed by atoms with E-state index >= 15 is 0 Å². The lowest BCUT2D eigenvalue weighted by molar-refractivity contribution is -0.149. The average molecular weight is 568 g/mol. The summed E-state index contributed by atoms with van der Waals surface area (Å²) < 4.78 is 95.1. The third kappa shape index (κ3) is 5.92. The highest BCUT2D eigenvalue weighted by molar-refractivity contribution is 5.85. The number of halogens is 8. The maximum atomic E-state index is 14.0. The summed E-state index contributed by atoms with van der Waals surface area (Å²) in [7, 11) is 0. The molecule has 3 aromatic rings. The van der Waals surface area contributed by atoms with Gasteiger partial charge in [0.15, 0.2) is 17.5 Å². The predicted octanol–water partition coefficient (Wildman–Crippen LogP) is 3.85. The largest absolute Gasteiger partial charge is 0.451 e. The van der Waals surface area contributed by atoms with Crippen LogP contribution < -0.4 is 5.73 Å². The van der Waals surface area contributed by atoms with Crippen molar-refractivity contribution in [1.82, 2.24) is 19.7 Å². The monoisotopic (exact) mass is 567 g/mol. The molecular weight excluding hydrogens is 547 g/mol. The standard InChI is InChI=1S/C23H20F7N5O2.ClH/c24-13-3-1-11(2-4-13)20(37)19-21-32-33-22(23(28,29)30)35(21)6-5-34(19)18(36)9-14(31)7-12-8-16(26)17(27)10-15(12)25;/h1-4,8,10,14,19-20,37H,5-7,9,31H2;1H/t14-,19+,20+;/m1./s1. The highest BCUT2D eigenvalue weighted by Crippen LogP contribution is 2.39. The molecule has 0 radical (unpaired) electrons. The number of fused-ring (bicyclic) bond motifs is 1. The Hall–Kier alpha value is -3.23. The Morgan fingerprint density at radius 3 is 2.29 bits per heavy atom. The van der Waals surface area contributed by atoms with Crippen LogP contribution in [0, 0.1) is 23.3 Å². The maximum absolute atomic E-state index is 14.0. The molecule has 0 fully saturated rings. The molecule has 0 saturated heterocycles. The lowest BCUT2D eigenvalue weighted by Gasteiger charge is -2.39. The van der Waals surface area contributed by atoms with Crippen LogP contribution in [0.15, 0.2) is 36.4 Å². The van der Waals surface area contributed by atoms with E-state index in [1.54, 1.807) is 0 Å². The number of rotatable bonds is 6. The minimum atomic E-state index is -4.85. The Kier molecular flexibility index (Phi) is 8.68. The second kappa shape index (κ2) is 11.3. The molecule has 0 spiro atoms. The number of alkyl halides is 3. The van der Waals surface area contributed by atoms with Gasteiger partial charge in [-0.2, -0.15) is 13.2 Å². The van der Waals surface area contributed by atoms with Gasteiger partial charge in [-0.3, -0.25) is 4.79 Å². The van der Waals surface area contributed by atoms with Gasteiger partial charge in [0.2, 0.25) is 11.7 Å². The number of aromatic nitrogens is 3. The Morgan fingerprint density at radius 1 is 1.03 bits per heavy atom. The molecule has 15 heteroatoms. The van der Waals surface area contributed by atoms with Gasteiger partial charge in [-0.1, -0.05) is 12.1 Å². The summed E-state index contributed by atoms with van der Waals surface area (Å²) in [5.74, 6) is -6.74. The molecule has 38 heavy (non-hydrogen) atoms. The van der Waals surface area contributed by atoms with E-state index in [1.165, 1.54) is 12.1 Å². The molecule has 3 N–H and O–H groups in total. The zero-order chi connectivity index (χ0) is 27.1. The molecule has 2 heterocycles. The molecule has 1 aliphatic heterocycles. The molecular formula is C23H21ClF7N5O2. The van der Waals surface area contributed by atoms with Crippen LogP contribution in [0.25, 0.3) is 0 Å². The molecule has 0 aliphatic carbocycles. The van der Waals surface area contributed by atoms with Crippen molar-refractivity contribution in [2.75, 3.05) is 6.54 Å². The van der Waals surface area contributed by atoms with Gasteiger partial charge in [-0.05, 0) is 35.7 Å². The summed E-state index contributed by atoms with van der Waals surface area (Å²) in [5.41, 5.74) is 5.79. The minimum Gasteiger partial charge on any atom is -0.386 e. The number of aliphatic hydroxyl groups is 1. The number of hydrogen-bond acceptors (Lipinski definition) is 5. The van der Waals surface area contributed by atoms with Crippen LogP contribution in [0.4, 0.5) is 30.7 Å². The van der Waals surface area contributed by atoms with Crippen molar-refractivity contribution in [3.63, 3.8) is 0 Å². The van der Waals surface area contributed by atoms with Crippen LogP contribution in [0.2, 0.25) is 0 Å². The van der Waals surface area contributed by atoms with Crippen molar-refractivity contribution in [2.45, 2.75) is 43.8 Å². The zero-order valence-electron chi connectivity index (χ0n) is 19.3. The average Bonchev–Trinajstić information content (AvgIpc) is 3.27. The summed E-state index contributed by atoms with van der Waals surface area (Å²) in [4.78, 5) is 14.3. The summed E-state index contributed by atoms with van der Waals surface area (Å²) >= 11 is 0. The summed E-state index contributed by atoms with van der Waals surface area (Å²) in [6.07, 6.45) is -7.28. The van der Waals surface area contributed by atoms with E-state index in [2.05, 4.69) is 10.2 Å². The van der Waals surface area contributed by atoms with Crippen molar-refractivity contribution in [3.8, 4) is 0 Å². The molecule has 1 amide bonds. The molecule has 4 rings (SSSR count). The number of amides is 1. The third-order valence-corrected chi connectivity index (χ3v) is 6.04. The van der Waals surface area contributed by atoms with E-state index in [0.717, 1.165) is 21.6 Å². The highest BCUT2D eigenvalue weighted by atomic mass is 35.5. The number of nitrogens with zero attached hydrogens (tertiary/aromatic N) is 4. The fraction of sp³-hybridized carbons (Fsp3) is 0.348. The van der Waals surface area contributed by atoms with E-state index in [-0.39, 0.29) is 48.9 Å². The normalized spacial score (nSPS) is 17.0. The van der Waals surface area contributed by atoms with Gasteiger partial charge in [0.1, 0.15) is 23.8 Å². The molecule has 1 aliphatic rings. The fourth-order valence-electron chi connectivity index (χ4n) is 4.30. The van der Waals surface area contributed by atoms with Gasteiger partial charge in [0.05, 0.1) is 0 Å². The molecule has 0 unspecified atom stereocenters. The second-order valence-corrected chi connectivity index (χ2v) is 8.59. The Morgan fingerprint density at radius 2 is 1.66 bits per heavy atom. The number of hydrogen-bond donors (Lipinski definition) is 2. The summed E-state index contributed by atoms with van der Waals surface area (Å²) in [6.45, 7) is -0.634. The van der Waals surface area contributed by atoms with Crippen LogP contribution in [0.1, 0.15) is 41.3 Å². The SMILES string of the molecule is Cl.N[C@@H](CC(=O)N1CCn2c(nnc2C(F)(F)F)[C@@H]1[C@@H](O)c1ccc(F)cc1)Cc1cc(F)c(F)cc1F. The lowest BCUT2D eigenvalue weighted by atomic mass is 9.97. The zero-order valence-corrected chi connectivity index (χ0v) is 20.1. The van der Waals surface area contributed by atoms with Crippen molar-refractivity contribution in [3.05, 3.63) is 82.4 Å². The Balaban J connectivity index is 0.00000400. The van der Waals surface area contributed by atoms with Gasteiger partial charge in [0.25, 0.3) is 0 Å². The number of benzene rings is 2. The maximum Gasteiger partial charge on any atom is 0.451 e.